The van der Waals surface area contributed by atoms with Crippen LogP contribution in [0.3, 0.4) is 0 Å². The number of carbonyl (C=O) groups is 1. The second-order valence-corrected chi connectivity index (χ2v) is 5.26. The van der Waals surface area contributed by atoms with Crippen molar-refractivity contribution < 1.29 is 14.3 Å². The van der Waals surface area contributed by atoms with E-state index in [9.17, 15) is 4.79 Å². The Hall–Kier alpha value is -0.720. The summed E-state index contributed by atoms with van der Waals surface area (Å²) in [6.45, 7) is 6.00. The zero-order valence-electron chi connectivity index (χ0n) is 11.3. The first-order chi connectivity index (χ1) is 9.15. The molecule has 1 aliphatic rings. The average molecular weight is 331 g/mol. The second kappa shape index (κ2) is 6.63. The van der Waals surface area contributed by atoms with Gasteiger partial charge in [-0.1, -0.05) is 6.92 Å². The van der Waals surface area contributed by atoms with Gasteiger partial charge in [-0.15, -0.1) is 0 Å². The van der Waals surface area contributed by atoms with Crippen LogP contribution >= 0.6 is 15.9 Å². The molecule has 2 rings (SSSR count). The van der Waals surface area contributed by atoms with Crippen molar-refractivity contribution in [3.05, 3.63) is 15.9 Å². The van der Waals surface area contributed by atoms with E-state index in [1.54, 1.807) is 0 Å². The Kier molecular flexibility index (Phi) is 5.13. The molecule has 0 spiro atoms. The number of hydrogen-bond acceptors (Lipinski definition) is 4. The van der Waals surface area contributed by atoms with Gasteiger partial charge in [0.25, 0.3) is 0 Å². The molecule has 0 bridgehead atoms. The maximum Gasteiger partial charge on any atom is 0.164 e. The number of aromatic nitrogens is 2. The minimum absolute atomic E-state index is 0.116. The number of ether oxygens (including phenoxy) is 2. The molecule has 1 fully saturated rings. The summed E-state index contributed by atoms with van der Waals surface area (Å²) in [6.07, 6.45) is 1.16. The van der Waals surface area contributed by atoms with Gasteiger partial charge in [0.15, 0.2) is 6.29 Å². The number of halogens is 1. The van der Waals surface area contributed by atoms with Crippen molar-refractivity contribution in [1.29, 1.82) is 0 Å². The molecular formula is C13H19BrN2O3. The van der Waals surface area contributed by atoms with Crippen LogP contribution in [-0.4, -0.2) is 35.1 Å². The Bertz CT molecular complexity index is 453. The maximum absolute atomic E-state index is 12.1. The van der Waals surface area contributed by atoms with Crippen molar-refractivity contribution >= 4 is 21.7 Å². The molecule has 2 heterocycles. The number of nitrogens with zero attached hydrogens (tertiary/aromatic N) is 2. The molecule has 1 aliphatic heterocycles. The lowest BCUT2D eigenvalue weighted by molar-refractivity contribution is -0.126. The fourth-order valence-corrected chi connectivity index (χ4v) is 2.86. The van der Waals surface area contributed by atoms with Crippen LogP contribution in [-0.2, 0) is 33.7 Å². The minimum atomic E-state index is -0.366. The Balaban J connectivity index is 2.04. The zero-order chi connectivity index (χ0) is 13.8. The van der Waals surface area contributed by atoms with Gasteiger partial charge < -0.3 is 9.47 Å². The largest absolute Gasteiger partial charge is 0.350 e. The lowest BCUT2D eigenvalue weighted by atomic mass is 10.1. The summed E-state index contributed by atoms with van der Waals surface area (Å²) < 4.78 is 13.4. The Morgan fingerprint density at radius 3 is 2.68 bits per heavy atom. The molecule has 0 N–H and O–H groups in total. The van der Waals surface area contributed by atoms with Crippen molar-refractivity contribution in [1.82, 2.24) is 9.78 Å². The van der Waals surface area contributed by atoms with Crippen molar-refractivity contribution in [3.8, 4) is 0 Å². The Morgan fingerprint density at radius 1 is 1.42 bits per heavy atom. The summed E-state index contributed by atoms with van der Waals surface area (Å²) in [5.41, 5.74) is 1.94. The highest BCUT2D eigenvalue weighted by Gasteiger charge is 2.22. The molecule has 0 aromatic carbocycles. The standard InChI is InChI=1S/C13H19BrN2O3/c1-3-10-13(14)11(16(4-2)15-10)7-9(17)8-12-18-5-6-19-12/h12H,3-8H2,1-2H3. The van der Waals surface area contributed by atoms with Crippen molar-refractivity contribution in [2.24, 2.45) is 0 Å². The molecule has 1 aromatic rings. The van der Waals surface area contributed by atoms with Crippen LogP contribution in [0.4, 0.5) is 0 Å². The normalized spacial score (nSPS) is 16.2. The van der Waals surface area contributed by atoms with E-state index in [-0.39, 0.29) is 12.1 Å². The van der Waals surface area contributed by atoms with Gasteiger partial charge in [-0.2, -0.15) is 5.10 Å². The molecule has 0 saturated carbocycles. The van der Waals surface area contributed by atoms with Gasteiger partial charge in [0.05, 0.1) is 35.5 Å². The lowest BCUT2D eigenvalue weighted by Crippen LogP contribution is -2.17. The van der Waals surface area contributed by atoms with Crippen LogP contribution in [0.25, 0.3) is 0 Å². The van der Waals surface area contributed by atoms with Gasteiger partial charge in [-0.05, 0) is 29.3 Å². The average Bonchev–Trinajstić information content (AvgIpc) is 2.99. The van der Waals surface area contributed by atoms with Crippen molar-refractivity contribution in [2.45, 2.75) is 45.9 Å². The molecule has 19 heavy (non-hydrogen) atoms. The number of carbonyl (C=O) groups excluding carboxylic acids is 1. The van der Waals surface area contributed by atoms with E-state index in [4.69, 9.17) is 9.47 Å². The minimum Gasteiger partial charge on any atom is -0.350 e. The third-order valence-corrected chi connectivity index (χ3v) is 4.06. The first-order valence-corrected chi connectivity index (χ1v) is 7.43. The van der Waals surface area contributed by atoms with Gasteiger partial charge in [-0.3, -0.25) is 9.48 Å². The van der Waals surface area contributed by atoms with Crippen LogP contribution in [0.5, 0.6) is 0 Å². The van der Waals surface area contributed by atoms with Crippen LogP contribution in [0, 0.1) is 0 Å². The fraction of sp³-hybridized carbons (Fsp3) is 0.692. The van der Waals surface area contributed by atoms with Crippen molar-refractivity contribution in [3.63, 3.8) is 0 Å². The van der Waals surface area contributed by atoms with Crippen molar-refractivity contribution in [2.75, 3.05) is 13.2 Å². The lowest BCUT2D eigenvalue weighted by Gasteiger charge is -2.09. The monoisotopic (exact) mass is 330 g/mol. The van der Waals surface area contributed by atoms with E-state index in [1.165, 1.54) is 0 Å². The molecular weight excluding hydrogens is 312 g/mol. The van der Waals surface area contributed by atoms with E-state index in [2.05, 4.69) is 28.0 Å². The quantitative estimate of drug-likeness (QED) is 0.801. The van der Waals surface area contributed by atoms with Crippen LogP contribution in [0.2, 0.25) is 0 Å². The molecule has 0 aliphatic carbocycles. The summed E-state index contributed by atoms with van der Waals surface area (Å²) >= 11 is 3.55. The van der Waals surface area contributed by atoms with Gasteiger partial charge >= 0.3 is 0 Å². The van der Waals surface area contributed by atoms with Crippen LogP contribution in [0.1, 0.15) is 31.7 Å². The van der Waals surface area contributed by atoms with E-state index in [0.717, 1.165) is 28.8 Å². The number of ketones is 1. The molecule has 0 unspecified atom stereocenters. The molecule has 0 radical (unpaired) electrons. The predicted octanol–water partition coefficient (Wildman–Crippen LogP) is 2.10. The van der Waals surface area contributed by atoms with E-state index >= 15 is 0 Å². The summed E-state index contributed by atoms with van der Waals surface area (Å²) in [7, 11) is 0. The topological polar surface area (TPSA) is 53.4 Å². The molecule has 5 nitrogen and oxygen atoms in total. The molecule has 0 amide bonds. The molecule has 1 aromatic heterocycles. The second-order valence-electron chi connectivity index (χ2n) is 4.47. The third-order valence-electron chi connectivity index (χ3n) is 3.14. The number of rotatable bonds is 6. The van der Waals surface area contributed by atoms with Gasteiger partial charge in [0.1, 0.15) is 5.78 Å². The highest BCUT2D eigenvalue weighted by Crippen LogP contribution is 2.23. The van der Waals surface area contributed by atoms with Gasteiger partial charge in [0.2, 0.25) is 0 Å². The highest BCUT2D eigenvalue weighted by molar-refractivity contribution is 9.10. The zero-order valence-corrected chi connectivity index (χ0v) is 12.9. The maximum atomic E-state index is 12.1. The summed E-state index contributed by atoms with van der Waals surface area (Å²) in [4.78, 5) is 12.1. The fourth-order valence-electron chi connectivity index (χ4n) is 2.16. The molecule has 6 heteroatoms. The van der Waals surface area contributed by atoms with Crippen LogP contribution < -0.4 is 0 Å². The predicted molar refractivity (Wildman–Crippen MR) is 74.0 cm³/mol. The molecule has 1 saturated heterocycles. The summed E-state index contributed by atoms with van der Waals surface area (Å²) in [5.74, 6) is 0.116. The third kappa shape index (κ3) is 3.43. The molecule has 106 valence electrons. The van der Waals surface area contributed by atoms with E-state index in [0.29, 0.717) is 26.1 Å². The smallest absolute Gasteiger partial charge is 0.164 e. The first-order valence-electron chi connectivity index (χ1n) is 6.64. The SMILES string of the molecule is CCc1nn(CC)c(CC(=O)CC2OCCO2)c1Br. The number of hydrogen-bond donors (Lipinski definition) is 0. The van der Waals surface area contributed by atoms with Crippen LogP contribution in [0.15, 0.2) is 4.47 Å². The number of aryl methyl sites for hydroxylation is 2. The summed E-state index contributed by atoms with van der Waals surface area (Å²) in [6, 6.07) is 0. The van der Waals surface area contributed by atoms with E-state index < -0.39 is 0 Å². The first kappa shape index (κ1) is 14.7. The van der Waals surface area contributed by atoms with Gasteiger partial charge in [-0.25, -0.2) is 0 Å². The summed E-state index contributed by atoms with van der Waals surface area (Å²) in [5, 5.41) is 4.49. The van der Waals surface area contributed by atoms with Gasteiger partial charge in [0, 0.05) is 13.0 Å². The Labute approximate surface area is 121 Å². The Morgan fingerprint density at radius 2 is 2.11 bits per heavy atom. The number of Topliss-reactive ketones (excluding diaryl/α,β-unsaturated/α-hetero) is 1. The van der Waals surface area contributed by atoms with E-state index in [1.807, 2.05) is 11.6 Å². The molecule has 0 atom stereocenters. The highest BCUT2D eigenvalue weighted by atomic mass is 79.9.